The Balaban J connectivity index is 2.68. The monoisotopic (exact) mass is 172 g/mol. The van der Waals surface area contributed by atoms with E-state index in [0.717, 1.165) is 6.42 Å². The van der Waals surface area contributed by atoms with Gasteiger partial charge < -0.3 is 5.73 Å². The number of carbonyl (C=O) groups is 1. The van der Waals surface area contributed by atoms with Crippen LogP contribution in [0.15, 0.2) is 11.1 Å². The fourth-order valence-electron chi connectivity index (χ4n) is 0.916. The molecule has 1 aliphatic rings. The number of amides is 1. The molecule has 3 nitrogen and oxygen atoms in total. The number of allylic oxidation sites excluding steroid dienone is 1. The Morgan fingerprint density at radius 2 is 2.55 bits per heavy atom. The van der Waals surface area contributed by atoms with E-state index in [0.29, 0.717) is 0 Å². The highest BCUT2D eigenvalue weighted by molar-refractivity contribution is 8.03. The van der Waals surface area contributed by atoms with Crippen LogP contribution in [0, 0.1) is 0 Å². The first-order valence-corrected chi connectivity index (χ1v) is 4.45. The molecule has 0 aromatic rings. The largest absolute Gasteiger partial charge is 0.302 e. The topological polar surface area (TPSA) is 46.3 Å². The fourth-order valence-corrected chi connectivity index (χ4v) is 1.89. The van der Waals surface area contributed by atoms with Gasteiger partial charge in [0.15, 0.2) is 0 Å². The van der Waals surface area contributed by atoms with Crippen molar-refractivity contribution >= 4 is 17.7 Å². The zero-order chi connectivity index (χ0) is 8.43. The van der Waals surface area contributed by atoms with E-state index in [1.807, 2.05) is 6.20 Å². The molecule has 0 fully saturated rings. The summed E-state index contributed by atoms with van der Waals surface area (Å²) in [5.41, 5.74) is 5.46. The summed E-state index contributed by atoms with van der Waals surface area (Å²) in [7, 11) is 0. The molecule has 0 saturated heterocycles. The first-order valence-electron chi connectivity index (χ1n) is 3.57. The van der Waals surface area contributed by atoms with Crippen LogP contribution in [-0.4, -0.2) is 16.3 Å². The van der Waals surface area contributed by atoms with E-state index in [9.17, 15) is 4.79 Å². The highest BCUT2D eigenvalue weighted by Crippen LogP contribution is 2.31. The van der Waals surface area contributed by atoms with Gasteiger partial charge in [-0.05, 0) is 6.42 Å². The van der Waals surface area contributed by atoms with Gasteiger partial charge in [-0.1, -0.05) is 18.7 Å². The van der Waals surface area contributed by atoms with Crippen LogP contribution in [0.2, 0.25) is 0 Å². The number of rotatable bonds is 1. The van der Waals surface area contributed by atoms with Crippen LogP contribution >= 0.6 is 11.8 Å². The lowest BCUT2D eigenvalue weighted by molar-refractivity contribution is -0.126. The molecule has 1 aliphatic heterocycles. The van der Waals surface area contributed by atoms with Crippen molar-refractivity contribution in [2.75, 3.05) is 0 Å². The SMILES string of the molecule is CCC1=CN(C(C)=O)C(N)S1. The summed E-state index contributed by atoms with van der Waals surface area (Å²) < 4.78 is 0. The van der Waals surface area contributed by atoms with Crippen LogP contribution in [0.5, 0.6) is 0 Å². The van der Waals surface area contributed by atoms with Gasteiger partial charge in [0.1, 0.15) is 5.50 Å². The van der Waals surface area contributed by atoms with E-state index in [1.165, 1.54) is 11.8 Å². The van der Waals surface area contributed by atoms with Crippen LogP contribution in [0.3, 0.4) is 0 Å². The van der Waals surface area contributed by atoms with E-state index < -0.39 is 0 Å². The summed E-state index contributed by atoms with van der Waals surface area (Å²) in [6.07, 6.45) is 2.78. The van der Waals surface area contributed by atoms with Gasteiger partial charge >= 0.3 is 0 Å². The minimum Gasteiger partial charge on any atom is -0.302 e. The Hall–Kier alpha value is -0.480. The molecule has 1 atom stereocenters. The molecule has 0 bridgehead atoms. The van der Waals surface area contributed by atoms with Crippen molar-refractivity contribution < 1.29 is 4.79 Å². The van der Waals surface area contributed by atoms with E-state index in [4.69, 9.17) is 5.73 Å². The van der Waals surface area contributed by atoms with Crippen LogP contribution in [-0.2, 0) is 4.79 Å². The van der Waals surface area contributed by atoms with Crippen LogP contribution in [0.1, 0.15) is 20.3 Å². The van der Waals surface area contributed by atoms with E-state index in [1.54, 1.807) is 16.7 Å². The summed E-state index contributed by atoms with van der Waals surface area (Å²) in [5, 5.41) is 0. The van der Waals surface area contributed by atoms with Gasteiger partial charge in [-0.25, -0.2) is 0 Å². The molecule has 2 N–H and O–H groups in total. The molecule has 0 aromatic carbocycles. The standard InChI is InChI=1S/C7H12N2OS/c1-3-6-4-9(5(2)10)7(8)11-6/h4,7H,3,8H2,1-2H3. The maximum absolute atomic E-state index is 10.9. The molecular formula is C7H12N2OS. The summed E-state index contributed by atoms with van der Waals surface area (Å²) >= 11 is 1.55. The molecule has 0 aromatic heterocycles. The quantitative estimate of drug-likeness (QED) is 0.643. The first-order chi connectivity index (χ1) is 5.15. The van der Waals surface area contributed by atoms with Crippen molar-refractivity contribution in [2.45, 2.75) is 25.8 Å². The Kier molecular flexibility index (Phi) is 2.57. The summed E-state index contributed by atoms with van der Waals surface area (Å²) in [4.78, 5) is 13.6. The first kappa shape index (κ1) is 8.62. The van der Waals surface area contributed by atoms with Gasteiger partial charge in [-0.2, -0.15) is 0 Å². The van der Waals surface area contributed by atoms with E-state index in [-0.39, 0.29) is 11.4 Å². The van der Waals surface area contributed by atoms with Crippen molar-refractivity contribution in [3.05, 3.63) is 11.1 Å². The van der Waals surface area contributed by atoms with Gasteiger partial charge in [0.25, 0.3) is 0 Å². The summed E-state index contributed by atoms with van der Waals surface area (Å²) in [6, 6.07) is 0. The highest BCUT2D eigenvalue weighted by atomic mass is 32.2. The van der Waals surface area contributed by atoms with Crippen molar-refractivity contribution in [1.82, 2.24) is 4.90 Å². The molecule has 1 rings (SSSR count). The average Bonchev–Trinajstić information content (AvgIpc) is 2.30. The summed E-state index contributed by atoms with van der Waals surface area (Å²) in [5.74, 6) is 0.00782. The Bertz CT molecular complexity index is 203. The second kappa shape index (κ2) is 3.28. The lowest BCUT2D eigenvalue weighted by Crippen LogP contribution is -2.35. The van der Waals surface area contributed by atoms with Crippen molar-refractivity contribution in [3.8, 4) is 0 Å². The summed E-state index contributed by atoms with van der Waals surface area (Å²) in [6.45, 7) is 3.57. The normalized spacial score (nSPS) is 23.7. The van der Waals surface area contributed by atoms with Gasteiger partial charge in [0.05, 0.1) is 0 Å². The molecule has 1 amide bonds. The molecule has 4 heteroatoms. The number of hydrogen-bond donors (Lipinski definition) is 1. The number of thioether (sulfide) groups is 1. The van der Waals surface area contributed by atoms with Crippen LogP contribution < -0.4 is 5.73 Å². The number of hydrogen-bond acceptors (Lipinski definition) is 3. The molecule has 11 heavy (non-hydrogen) atoms. The molecule has 1 heterocycles. The number of nitrogens with zero attached hydrogens (tertiary/aromatic N) is 1. The molecule has 62 valence electrons. The molecule has 1 unspecified atom stereocenters. The van der Waals surface area contributed by atoms with E-state index >= 15 is 0 Å². The third kappa shape index (κ3) is 1.75. The van der Waals surface area contributed by atoms with Gasteiger partial charge in [0, 0.05) is 18.0 Å². The van der Waals surface area contributed by atoms with Crippen LogP contribution in [0.4, 0.5) is 0 Å². The lowest BCUT2D eigenvalue weighted by Gasteiger charge is -2.15. The Morgan fingerprint density at radius 3 is 2.82 bits per heavy atom. The van der Waals surface area contributed by atoms with Crippen molar-refractivity contribution in [1.29, 1.82) is 0 Å². The van der Waals surface area contributed by atoms with Gasteiger partial charge in [-0.15, -0.1) is 0 Å². The highest BCUT2D eigenvalue weighted by Gasteiger charge is 2.23. The minimum atomic E-state index is -0.206. The molecule has 0 radical (unpaired) electrons. The van der Waals surface area contributed by atoms with Gasteiger partial charge in [-0.3, -0.25) is 9.69 Å². The van der Waals surface area contributed by atoms with E-state index in [2.05, 4.69) is 6.92 Å². The maximum atomic E-state index is 10.9. The second-order valence-electron chi connectivity index (χ2n) is 2.38. The maximum Gasteiger partial charge on any atom is 0.225 e. The molecular weight excluding hydrogens is 160 g/mol. The predicted octanol–water partition coefficient (Wildman–Crippen LogP) is 1.08. The number of nitrogens with two attached hydrogens (primary N) is 1. The predicted molar refractivity (Wildman–Crippen MR) is 46.5 cm³/mol. The minimum absolute atomic E-state index is 0.00782. The number of carbonyl (C=O) groups excluding carboxylic acids is 1. The van der Waals surface area contributed by atoms with Crippen molar-refractivity contribution in [2.24, 2.45) is 5.73 Å². The zero-order valence-corrected chi connectivity index (χ0v) is 7.52. The lowest BCUT2D eigenvalue weighted by atomic mass is 10.4. The fraction of sp³-hybridized carbons (Fsp3) is 0.571. The Morgan fingerprint density at radius 1 is 1.91 bits per heavy atom. The Labute approximate surface area is 70.6 Å². The second-order valence-corrected chi connectivity index (χ2v) is 3.63. The molecule has 0 spiro atoms. The average molecular weight is 172 g/mol. The third-order valence-corrected chi connectivity index (χ3v) is 2.71. The van der Waals surface area contributed by atoms with Gasteiger partial charge in [0.2, 0.25) is 5.91 Å². The smallest absolute Gasteiger partial charge is 0.225 e. The zero-order valence-electron chi connectivity index (χ0n) is 6.70. The third-order valence-electron chi connectivity index (χ3n) is 1.54. The molecule has 0 saturated carbocycles. The van der Waals surface area contributed by atoms with Crippen LogP contribution in [0.25, 0.3) is 0 Å². The van der Waals surface area contributed by atoms with Crippen molar-refractivity contribution in [3.63, 3.8) is 0 Å². The molecule has 0 aliphatic carbocycles.